The third-order valence-electron chi connectivity index (χ3n) is 5.62. The maximum absolute atomic E-state index is 13.0. The molecule has 1 aliphatic carbocycles. The summed E-state index contributed by atoms with van der Waals surface area (Å²) in [5, 5.41) is 11.7. The van der Waals surface area contributed by atoms with Crippen LogP contribution in [0.15, 0.2) is 23.1 Å². The normalized spacial score (nSPS) is 26.2. The van der Waals surface area contributed by atoms with E-state index in [-0.39, 0.29) is 22.9 Å². The van der Waals surface area contributed by atoms with Crippen molar-refractivity contribution in [3.8, 4) is 0 Å². The summed E-state index contributed by atoms with van der Waals surface area (Å²) in [6, 6.07) is 4.41. The van der Waals surface area contributed by atoms with Crippen molar-refractivity contribution in [2.24, 2.45) is 5.92 Å². The van der Waals surface area contributed by atoms with E-state index in [9.17, 15) is 18.0 Å². The minimum Gasteiger partial charge on any atom is -0.481 e. The molecule has 3 rings (SSSR count). The van der Waals surface area contributed by atoms with Gasteiger partial charge in [0.05, 0.1) is 10.8 Å². The number of aliphatic carboxylic acids is 1. The fourth-order valence-electron chi connectivity index (χ4n) is 3.77. The van der Waals surface area contributed by atoms with Crippen molar-refractivity contribution in [3.05, 3.63) is 29.3 Å². The molecule has 0 radical (unpaired) electrons. The predicted octanol–water partition coefficient (Wildman–Crippen LogP) is 2.15. The maximum Gasteiger partial charge on any atom is 0.306 e. The van der Waals surface area contributed by atoms with Crippen LogP contribution in [0.5, 0.6) is 0 Å². The molecule has 2 fully saturated rings. The van der Waals surface area contributed by atoms with Crippen molar-refractivity contribution in [3.63, 3.8) is 0 Å². The first-order valence-electron chi connectivity index (χ1n) is 9.36. The molecular formula is C19H26N2O5S. The summed E-state index contributed by atoms with van der Waals surface area (Å²) in [6.07, 6.45) is 3.51. The van der Waals surface area contributed by atoms with Crippen LogP contribution in [0, 0.1) is 12.8 Å². The Morgan fingerprint density at radius 1 is 1.22 bits per heavy atom. The smallest absolute Gasteiger partial charge is 0.306 e. The van der Waals surface area contributed by atoms with E-state index in [1.807, 2.05) is 6.92 Å². The fraction of sp³-hybridized carbons (Fsp3) is 0.579. The third-order valence-corrected chi connectivity index (χ3v) is 7.63. The number of carboxylic acids is 1. The molecule has 1 aromatic carbocycles. The van der Waals surface area contributed by atoms with Crippen molar-refractivity contribution in [1.29, 1.82) is 0 Å². The minimum atomic E-state index is -3.65. The van der Waals surface area contributed by atoms with Gasteiger partial charge in [0.15, 0.2) is 0 Å². The molecule has 1 heterocycles. The number of hydrogen-bond acceptors (Lipinski definition) is 4. The molecule has 148 valence electrons. The van der Waals surface area contributed by atoms with Crippen molar-refractivity contribution < 1.29 is 23.1 Å². The van der Waals surface area contributed by atoms with Gasteiger partial charge in [0, 0.05) is 24.2 Å². The van der Waals surface area contributed by atoms with Gasteiger partial charge in [0.25, 0.3) is 5.91 Å². The molecule has 2 N–H and O–H groups in total. The molecule has 2 aliphatic rings. The Bertz CT molecular complexity index is 846. The van der Waals surface area contributed by atoms with Crippen LogP contribution >= 0.6 is 0 Å². The molecule has 8 heteroatoms. The predicted molar refractivity (Wildman–Crippen MR) is 100.0 cm³/mol. The highest BCUT2D eigenvalue weighted by Gasteiger charge is 2.36. The molecular weight excluding hydrogens is 368 g/mol. The van der Waals surface area contributed by atoms with Crippen molar-refractivity contribution in [2.45, 2.75) is 62.9 Å². The van der Waals surface area contributed by atoms with Crippen LogP contribution < -0.4 is 5.32 Å². The number of amides is 1. The lowest BCUT2D eigenvalue weighted by atomic mass is 9.80. The minimum absolute atomic E-state index is 0.0507. The molecule has 0 aromatic heterocycles. The Morgan fingerprint density at radius 2 is 1.93 bits per heavy atom. The highest BCUT2D eigenvalue weighted by molar-refractivity contribution is 7.89. The van der Waals surface area contributed by atoms with Gasteiger partial charge in [-0.3, -0.25) is 9.59 Å². The number of nitrogens with one attached hydrogen (secondary N) is 1. The Hall–Kier alpha value is -1.93. The monoisotopic (exact) mass is 394 g/mol. The van der Waals surface area contributed by atoms with E-state index in [0.717, 1.165) is 19.3 Å². The van der Waals surface area contributed by atoms with E-state index in [4.69, 9.17) is 5.11 Å². The Balaban J connectivity index is 1.78. The summed E-state index contributed by atoms with van der Waals surface area (Å²) in [5.74, 6) is -1.62. The molecule has 1 unspecified atom stereocenters. The van der Waals surface area contributed by atoms with Gasteiger partial charge in [0.2, 0.25) is 10.0 Å². The average Bonchev–Trinajstić information content (AvgIpc) is 2.57. The summed E-state index contributed by atoms with van der Waals surface area (Å²) >= 11 is 0. The third kappa shape index (κ3) is 4.01. The first-order chi connectivity index (χ1) is 12.7. The average molecular weight is 394 g/mol. The number of rotatable bonds is 5. The second kappa shape index (κ2) is 7.59. The standard InChI is InChI=1S/C19H26N2O5S/c1-12-6-7-16(27(25,26)21-8-4-3-5-13(21)2)11-17(12)18(22)20-15-9-14(10-15)19(23)24/h6-7,11,13-15H,3-5,8-10H2,1-2H3,(H,20,22)(H,23,24). The quantitative estimate of drug-likeness (QED) is 0.796. The number of benzene rings is 1. The zero-order chi connectivity index (χ0) is 19.8. The number of hydrogen-bond donors (Lipinski definition) is 2. The van der Waals surface area contributed by atoms with Crippen LogP contribution in [0.2, 0.25) is 0 Å². The van der Waals surface area contributed by atoms with Gasteiger partial charge in [0.1, 0.15) is 0 Å². The summed E-state index contributed by atoms with van der Waals surface area (Å²) in [5.41, 5.74) is 1.01. The maximum atomic E-state index is 13.0. The zero-order valence-electron chi connectivity index (χ0n) is 15.6. The number of sulfonamides is 1. The van der Waals surface area contributed by atoms with Gasteiger partial charge in [-0.1, -0.05) is 12.5 Å². The van der Waals surface area contributed by atoms with Gasteiger partial charge >= 0.3 is 5.97 Å². The number of carbonyl (C=O) groups is 2. The van der Waals surface area contributed by atoms with Crippen molar-refractivity contribution in [2.75, 3.05) is 6.54 Å². The van der Waals surface area contributed by atoms with E-state index in [2.05, 4.69) is 5.32 Å². The number of nitrogens with zero attached hydrogens (tertiary/aromatic N) is 1. The van der Waals surface area contributed by atoms with Gasteiger partial charge in [-0.25, -0.2) is 8.42 Å². The Morgan fingerprint density at radius 3 is 2.56 bits per heavy atom. The van der Waals surface area contributed by atoms with Crippen LogP contribution in [0.4, 0.5) is 0 Å². The van der Waals surface area contributed by atoms with E-state index in [1.165, 1.54) is 10.4 Å². The summed E-state index contributed by atoms with van der Waals surface area (Å²) < 4.78 is 27.6. The van der Waals surface area contributed by atoms with Crippen molar-refractivity contribution >= 4 is 21.9 Å². The number of carbonyl (C=O) groups excluding carboxylic acids is 1. The Kier molecular flexibility index (Phi) is 5.58. The molecule has 1 aliphatic heterocycles. The SMILES string of the molecule is Cc1ccc(S(=O)(=O)N2CCCCC2C)cc1C(=O)NC1CC(C(=O)O)C1. The van der Waals surface area contributed by atoms with E-state index < -0.39 is 21.9 Å². The van der Waals surface area contributed by atoms with E-state index in [0.29, 0.717) is 30.5 Å². The second-order valence-electron chi connectivity index (χ2n) is 7.61. The van der Waals surface area contributed by atoms with E-state index >= 15 is 0 Å². The van der Waals surface area contributed by atoms with E-state index in [1.54, 1.807) is 19.1 Å². The van der Waals surface area contributed by atoms with Gasteiger partial charge in [-0.15, -0.1) is 0 Å². The number of carboxylic acid groups (broad SMARTS) is 1. The molecule has 1 aromatic rings. The molecule has 1 amide bonds. The topological polar surface area (TPSA) is 104 Å². The first kappa shape index (κ1) is 19.8. The summed E-state index contributed by atoms with van der Waals surface area (Å²) in [7, 11) is -3.65. The van der Waals surface area contributed by atoms with Gasteiger partial charge < -0.3 is 10.4 Å². The number of piperidine rings is 1. The van der Waals surface area contributed by atoms with Gasteiger partial charge in [-0.05, 0) is 57.2 Å². The first-order valence-corrected chi connectivity index (χ1v) is 10.8. The molecule has 7 nitrogen and oxygen atoms in total. The lowest BCUT2D eigenvalue weighted by molar-refractivity contribution is -0.145. The van der Waals surface area contributed by atoms with Gasteiger partial charge in [-0.2, -0.15) is 4.31 Å². The van der Waals surface area contributed by atoms with Crippen LogP contribution in [-0.4, -0.2) is 48.3 Å². The van der Waals surface area contributed by atoms with Crippen LogP contribution in [-0.2, 0) is 14.8 Å². The van der Waals surface area contributed by atoms with Crippen LogP contribution in [0.25, 0.3) is 0 Å². The Labute approximate surface area is 159 Å². The lowest BCUT2D eigenvalue weighted by Crippen LogP contribution is -2.46. The molecule has 1 atom stereocenters. The largest absolute Gasteiger partial charge is 0.481 e. The fourth-order valence-corrected chi connectivity index (χ4v) is 5.50. The summed E-state index contributed by atoms with van der Waals surface area (Å²) in [4.78, 5) is 23.6. The molecule has 0 bridgehead atoms. The second-order valence-corrected chi connectivity index (χ2v) is 9.50. The highest BCUT2D eigenvalue weighted by atomic mass is 32.2. The molecule has 1 saturated carbocycles. The lowest BCUT2D eigenvalue weighted by Gasteiger charge is -2.33. The zero-order valence-corrected chi connectivity index (χ0v) is 16.5. The van der Waals surface area contributed by atoms with Crippen molar-refractivity contribution in [1.82, 2.24) is 9.62 Å². The van der Waals surface area contributed by atoms with Crippen LogP contribution in [0.1, 0.15) is 54.9 Å². The summed E-state index contributed by atoms with van der Waals surface area (Å²) in [6.45, 7) is 4.17. The number of aryl methyl sites for hydroxylation is 1. The molecule has 0 spiro atoms. The molecule has 1 saturated heterocycles. The van der Waals surface area contributed by atoms with Crippen LogP contribution in [0.3, 0.4) is 0 Å². The molecule has 27 heavy (non-hydrogen) atoms. The highest BCUT2D eigenvalue weighted by Crippen LogP contribution is 2.29.